The van der Waals surface area contributed by atoms with Crippen molar-refractivity contribution in [3.8, 4) is 5.75 Å². The zero-order valence-corrected chi connectivity index (χ0v) is 19.0. The minimum Gasteiger partial charge on any atom is -0.426 e. The minimum atomic E-state index is -5.01. The summed E-state index contributed by atoms with van der Waals surface area (Å²) in [7, 11) is -14.9. The van der Waals surface area contributed by atoms with Crippen LogP contribution in [0.5, 0.6) is 5.75 Å². The smallest absolute Gasteiger partial charge is 0.310 e. The van der Waals surface area contributed by atoms with Gasteiger partial charge in [-0.3, -0.25) is 18.5 Å². The zero-order valence-electron chi connectivity index (χ0n) is 16.5. The van der Waals surface area contributed by atoms with Crippen molar-refractivity contribution < 1.29 is 48.4 Å². The second-order valence-electron chi connectivity index (χ2n) is 7.07. The number of hydrogen-bond donors (Lipinski definition) is 3. The van der Waals surface area contributed by atoms with Gasteiger partial charge in [-0.2, -0.15) is 25.3 Å². The molecule has 4 rings (SSSR count). The molecule has 0 aromatic heterocycles. The number of hydrogen-bond acceptors (Lipinski definition) is 8. The van der Waals surface area contributed by atoms with Crippen molar-refractivity contribution in [2.24, 2.45) is 0 Å². The molecule has 0 radical (unpaired) electrons. The maximum absolute atomic E-state index is 12.1. The third-order valence-electron chi connectivity index (χ3n) is 5.09. The maximum atomic E-state index is 12.1. The van der Waals surface area contributed by atoms with Crippen LogP contribution in [0, 0.1) is 0 Å². The first-order chi connectivity index (χ1) is 15.1. The van der Waals surface area contributed by atoms with Crippen LogP contribution in [0.25, 0.3) is 32.3 Å². The summed E-state index contributed by atoms with van der Waals surface area (Å²) in [5, 5.41) is -0.681. The van der Waals surface area contributed by atoms with Crippen LogP contribution in [-0.4, -0.2) is 44.9 Å². The number of ether oxygens (including phenoxy) is 1. The van der Waals surface area contributed by atoms with Crippen LogP contribution in [0.2, 0.25) is 0 Å². The number of esters is 1. The molecule has 0 aliphatic heterocycles. The lowest BCUT2D eigenvalue weighted by Gasteiger charge is -2.18. The third-order valence-corrected chi connectivity index (χ3v) is 7.77. The van der Waals surface area contributed by atoms with E-state index in [1.807, 2.05) is 0 Å². The molecule has 0 aliphatic rings. The lowest BCUT2D eigenvalue weighted by molar-refractivity contribution is -0.133. The predicted octanol–water partition coefficient (Wildman–Crippen LogP) is 2.64. The van der Waals surface area contributed by atoms with Crippen molar-refractivity contribution in [1.82, 2.24) is 0 Å². The zero-order chi connectivity index (χ0) is 24.5. The molecule has 4 aromatic carbocycles. The first kappa shape index (κ1) is 23.3. The topological polar surface area (TPSA) is 189 Å². The molecule has 3 N–H and O–H groups in total. The molecule has 0 amide bonds. The van der Waals surface area contributed by atoms with Crippen LogP contribution in [0.4, 0.5) is 0 Å². The van der Waals surface area contributed by atoms with E-state index in [-0.39, 0.29) is 44.5 Å². The lowest BCUT2D eigenvalue weighted by atomic mass is 9.93. The van der Waals surface area contributed by atoms with Gasteiger partial charge in [0.25, 0.3) is 30.4 Å². The highest BCUT2D eigenvalue weighted by atomic mass is 32.2. The summed E-state index contributed by atoms with van der Waals surface area (Å²) in [6, 6.07) is 6.26. The Morgan fingerprint density at radius 2 is 1.06 bits per heavy atom. The second kappa shape index (κ2) is 7.31. The summed E-state index contributed by atoms with van der Waals surface area (Å²) < 4.78 is 107. The van der Waals surface area contributed by atoms with Crippen molar-refractivity contribution in [1.29, 1.82) is 0 Å². The van der Waals surface area contributed by atoms with Gasteiger partial charge in [0.2, 0.25) is 0 Å². The summed E-state index contributed by atoms with van der Waals surface area (Å²) >= 11 is 0. The van der Waals surface area contributed by atoms with Crippen molar-refractivity contribution in [3.05, 3.63) is 36.4 Å². The number of benzene rings is 4. The molecule has 33 heavy (non-hydrogen) atoms. The Labute approximate surface area is 187 Å². The van der Waals surface area contributed by atoms with Crippen LogP contribution in [-0.2, 0) is 35.1 Å². The number of carbonyl (C=O) groups excluding carboxylic acids is 1. The Morgan fingerprint density at radius 1 is 0.697 bits per heavy atom. The van der Waals surface area contributed by atoms with Crippen LogP contribution >= 0.6 is 0 Å². The van der Waals surface area contributed by atoms with Crippen LogP contribution in [0.1, 0.15) is 13.3 Å². The van der Waals surface area contributed by atoms with E-state index in [0.29, 0.717) is 6.07 Å². The van der Waals surface area contributed by atoms with E-state index in [0.717, 1.165) is 18.2 Å². The van der Waals surface area contributed by atoms with E-state index in [2.05, 4.69) is 0 Å². The molecule has 0 heterocycles. The SMILES string of the molecule is CCC(=O)Oc1cc(S(=O)(=O)O)c2ccc3c(S(=O)(=O)O)cc(S(=O)(=O)O)c4ccc1c2c43. The average molecular weight is 515 g/mol. The standard InChI is InChI=1S/C19H14O11S3/c1-2-17(20)30-13-7-14(31(21,22)23)10-5-6-12-16(33(27,28)29)8-15(32(24,25)26)11-4-3-9(13)18(10)19(11)12/h3-8H,2H2,1H3,(H,21,22,23)(H,24,25,26)(H,27,28,29). The lowest BCUT2D eigenvalue weighted by Crippen LogP contribution is -2.09. The molecule has 4 aromatic rings. The molecule has 0 saturated heterocycles. The van der Waals surface area contributed by atoms with Gasteiger partial charge in [-0.25, -0.2) is 0 Å². The van der Waals surface area contributed by atoms with Gasteiger partial charge in [0, 0.05) is 44.8 Å². The third kappa shape index (κ3) is 3.80. The van der Waals surface area contributed by atoms with Crippen molar-refractivity contribution >= 4 is 68.6 Å². The summed E-state index contributed by atoms with van der Waals surface area (Å²) in [5.41, 5.74) is 0. The van der Waals surface area contributed by atoms with Crippen molar-refractivity contribution in [3.63, 3.8) is 0 Å². The molecule has 0 saturated carbocycles. The first-order valence-electron chi connectivity index (χ1n) is 9.06. The summed E-state index contributed by atoms with van der Waals surface area (Å²) in [6.45, 7) is 1.48. The minimum absolute atomic E-state index is 0.0746. The maximum Gasteiger partial charge on any atom is 0.310 e. The summed E-state index contributed by atoms with van der Waals surface area (Å²) in [5.74, 6) is -1.04. The quantitative estimate of drug-likeness (QED) is 0.154. The normalized spacial score (nSPS) is 13.2. The van der Waals surface area contributed by atoms with Crippen LogP contribution in [0.15, 0.2) is 51.1 Å². The van der Waals surface area contributed by atoms with E-state index < -0.39 is 51.0 Å². The molecular weight excluding hydrogens is 500 g/mol. The first-order valence-corrected chi connectivity index (χ1v) is 13.4. The predicted molar refractivity (Wildman–Crippen MR) is 116 cm³/mol. The molecule has 0 aliphatic carbocycles. The van der Waals surface area contributed by atoms with Gasteiger partial charge in [-0.15, -0.1) is 0 Å². The van der Waals surface area contributed by atoms with Crippen LogP contribution in [0.3, 0.4) is 0 Å². The highest BCUT2D eigenvalue weighted by Gasteiger charge is 2.28. The largest absolute Gasteiger partial charge is 0.426 e. The molecule has 14 heteroatoms. The highest BCUT2D eigenvalue weighted by molar-refractivity contribution is 7.87. The Hall–Kier alpha value is -2.88. The molecule has 11 nitrogen and oxygen atoms in total. The molecule has 0 atom stereocenters. The van der Waals surface area contributed by atoms with Crippen LogP contribution < -0.4 is 4.74 Å². The van der Waals surface area contributed by atoms with E-state index in [1.54, 1.807) is 0 Å². The fourth-order valence-corrected chi connectivity index (χ4v) is 5.99. The fraction of sp³-hybridized carbons (Fsp3) is 0.105. The molecule has 0 fully saturated rings. The Morgan fingerprint density at radius 3 is 1.45 bits per heavy atom. The van der Waals surface area contributed by atoms with Gasteiger partial charge < -0.3 is 4.74 Å². The van der Waals surface area contributed by atoms with Gasteiger partial charge >= 0.3 is 5.97 Å². The number of carbonyl (C=O) groups is 1. The van der Waals surface area contributed by atoms with E-state index >= 15 is 0 Å². The highest BCUT2D eigenvalue weighted by Crippen LogP contribution is 2.45. The molecule has 0 unspecified atom stereocenters. The average Bonchev–Trinajstić information content (AvgIpc) is 2.69. The number of rotatable bonds is 5. The van der Waals surface area contributed by atoms with Gasteiger partial charge in [0.05, 0.1) is 0 Å². The summed E-state index contributed by atoms with van der Waals surface area (Å²) in [4.78, 5) is 9.51. The van der Waals surface area contributed by atoms with Gasteiger partial charge in [0.15, 0.2) is 0 Å². The second-order valence-corrected chi connectivity index (χ2v) is 11.2. The van der Waals surface area contributed by atoms with E-state index in [4.69, 9.17) is 4.74 Å². The summed E-state index contributed by atoms with van der Waals surface area (Å²) in [6.07, 6.45) is -0.0804. The monoisotopic (exact) mass is 514 g/mol. The van der Waals surface area contributed by atoms with Gasteiger partial charge in [0.1, 0.15) is 20.4 Å². The van der Waals surface area contributed by atoms with Gasteiger partial charge in [-0.1, -0.05) is 25.1 Å². The van der Waals surface area contributed by atoms with Crippen molar-refractivity contribution in [2.75, 3.05) is 0 Å². The van der Waals surface area contributed by atoms with E-state index in [1.165, 1.54) is 19.1 Å². The molecule has 0 spiro atoms. The van der Waals surface area contributed by atoms with Crippen molar-refractivity contribution in [2.45, 2.75) is 28.0 Å². The molecule has 174 valence electrons. The fourth-order valence-electron chi connectivity index (χ4n) is 3.79. The van der Waals surface area contributed by atoms with E-state index in [9.17, 15) is 43.7 Å². The Balaban J connectivity index is 2.39. The Bertz CT molecular complexity index is 1750. The molecule has 0 bridgehead atoms. The van der Waals surface area contributed by atoms with Gasteiger partial charge in [-0.05, 0) is 12.1 Å². The Kier molecular flexibility index (Phi) is 5.16. The molecular formula is C19H14O11S3.